The molecule has 1 heterocycles. The number of hydrogen-bond donors (Lipinski definition) is 2. The number of hydrogen-bond acceptors (Lipinski definition) is 5. The van der Waals surface area contributed by atoms with Crippen molar-refractivity contribution in [1.82, 2.24) is 14.5 Å². The van der Waals surface area contributed by atoms with Crippen LogP contribution in [0.5, 0.6) is 0 Å². The quantitative estimate of drug-likeness (QED) is 0.755. The van der Waals surface area contributed by atoms with Crippen LogP contribution in [0.3, 0.4) is 0 Å². The number of sulfonamides is 1. The van der Waals surface area contributed by atoms with Gasteiger partial charge in [-0.05, 0) is 13.8 Å². The fourth-order valence-corrected chi connectivity index (χ4v) is 3.05. The molecule has 0 spiro atoms. The van der Waals surface area contributed by atoms with Gasteiger partial charge in [-0.25, -0.2) is 8.42 Å². The molecule has 7 nitrogen and oxygen atoms in total. The van der Waals surface area contributed by atoms with Crippen molar-refractivity contribution in [2.45, 2.75) is 31.5 Å². The van der Waals surface area contributed by atoms with Crippen LogP contribution in [0.15, 0.2) is 5.03 Å². The van der Waals surface area contributed by atoms with Gasteiger partial charge in [-0.3, -0.25) is 5.10 Å². The fraction of sp³-hybridized carbons (Fsp3) is 0.700. The fourth-order valence-electron chi connectivity index (χ4n) is 1.55. The molecule has 0 radical (unpaired) electrons. The Labute approximate surface area is 107 Å². The molecule has 104 valence electrons. The number of ether oxygens (including phenoxy) is 1. The largest absolute Gasteiger partial charge is 0.392 e. The van der Waals surface area contributed by atoms with E-state index in [9.17, 15) is 13.5 Å². The number of likely N-dealkylation sites (N-methyl/N-ethyl adjacent to an activating group) is 1. The molecule has 0 bridgehead atoms. The van der Waals surface area contributed by atoms with Crippen LogP contribution in [0.25, 0.3) is 0 Å². The molecule has 2 N–H and O–H groups in total. The molecule has 1 unspecified atom stereocenters. The van der Waals surface area contributed by atoms with E-state index in [1.54, 1.807) is 13.8 Å². The minimum Gasteiger partial charge on any atom is -0.392 e. The van der Waals surface area contributed by atoms with Crippen molar-refractivity contribution >= 4 is 10.0 Å². The van der Waals surface area contributed by atoms with Gasteiger partial charge in [-0.15, -0.1) is 0 Å². The van der Waals surface area contributed by atoms with E-state index < -0.39 is 10.0 Å². The molecular weight excluding hydrogens is 258 g/mol. The van der Waals surface area contributed by atoms with E-state index >= 15 is 0 Å². The first-order chi connectivity index (χ1) is 8.36. The Morgan fingerprint density at radius 3 is 2.67 bits per heavy atom. The maximum atomic E-state index is 12.3. The monoisotopic (exact) mass is 277 g/mol. The number of aliphatic hydroxyl groups is 1. The molecule has 0 saturated heterocycles. The number of H-pyrrole nitrogens is 1. The standard InChI is InChI=1S/C10H19N3O4S/c1-7(6-17-4)13(3)18(15,16)10-9(5-14)8(2)11-12-10/h7,14H,5-6H2,1-4H3,(H,11,12). The summed E-state index contributed by atoms with van der Waals surface area (Å²) in [5, 5.41) is 15.4. The normalized spacial score (nSPS) is 14.1. The van der Waals surface area contributed by atoms with E-state index in [-0.39, 0.29) is 24.3 Å². The molecule has 1 atom stereocenters. The number of rotatable bonds is 6. The highest BCUT2D eigenvalue weighted by Crippen LogP contribution is 2.20. The topological polar surface area (TPSA) is 95.5 Å². The van der Waals surface area contributed by atoms with Gasteiger partial charge in [-0.1, -0.05) is 0 Å². The third-order valence-electron chi connectivity index (χ3n) is 2.85. The van der Waals surface area contributed by atoms with Crippen LogP contribution in [0, 0.1) is 6.92 Å². The van der Waals surface area contributed by atoms with Gasteiger partial charge in [0, 0.05) is 31.5 Å². The van der Waals surface area contributed by atoms with Crippen molar-refractivity contribution < 1.29 is 18.3 Å². The lowest BCUT2D eigenvalue weighted by Crippen LogP contribution is -2.38. The molecule has 0 aliphatic rings. The van der Waals surface area contributed by atoms with Gasteiger partial charge in [0.2, 0.25) is 0 Å². The second-order valence-corrected chi connectivity index (χ2v) is 6.03. The average Bonchev–Trinajstić information content (AvgIpc) is 2.70. The van der Waals surface area contributed by atoms with Gasteiger partial charge >= 0.3 is 0 Å². The van der Waals surface area contributed by atoms with Crippen LogP contribution >= 0.6 is 0 Å². The first kappa shape index (κ1) is 15.1. The van der Waals surface area contributed by atoms with E-state index in [0.717, 1.165) is 0 Å². The van der Waals surface area contributed by atoms with Gasteiger partial charge in [0.15, 0.2) is 5.03 Å². The summed E-state index contributed by atoms with van der Waals surface area (Å²) in [6, 6.07) is -0.316. The molecule has 0 fully saturated rings. The lowest BCUT2D eigenvalue weighted by atomic mass is 10.3. The number of nitrogens with zero attached hydrogens (tertiary/aromatic N) is 2. The highest BCUT2D eigenvalue weighted by atomic mass is 32.2. The summed E-state index contributed by atoms with van der Waals surface area (Å²) in [6.07, 6.45) is 0. The Bertz CT molecular complexity index is 497. The summed E-state index contributed by atoms with van der Waals surface area (Å²) in [5.74, 6) is 0. The lowest BCUT2D eigenvalue weighted by molar-refractivity contribution is 0.149. The number of nitrogens with one attached hydrogen (secondary N) is 1. The van der Waals surface area contributed by atoms with Crippen LogP contribution in [0.4, 0.5) is 0 Å². The summed E-state index contributed by atoms with van der Waals surface area (Å²) < 4.78 is 30.8. The van der Waals surface area contributed by atoms with Crippen molar-refractivity contribution in [1.29, 1.82) is 0 Å². The van der Waals surface area contributed by atoms with Crippen molar-refractivity contribution in [2.75, 3.05) is 20.8 Å². The number of methoxy groups -OCH3 is 1. The Balaban J connectivity index is 3.13. The summed E-state index contributed by atoms with van der Waals surface area (Å²) in [5.41, 5.74) is 0.843. The lowest BCUT2D eigenvalue weighted by Gasteiger charge is -2.22. The molecule has 0 amide bonds. The van der Waals surface area contributed by atoms with Crippen LogP contribution in [0.1, 0.15) is 18.2 Å². The Kier molecular flexibility index (Phi) is 4.85. The van der Waals surface area contributed by atoms with Gasteiger partial charge in [0.25, 0.3) is 10.0 Å². The summed E-state index contributed by atoms with van der Waals surface area (Å²) in [6.45, 7) is 3.31. The number of aliphatic hydroxyl groups excluding tert-OH is 1. The summed E-state index contributed by atoms with van der Waals surface area (Å²) in [7, 11) is -0.760. The molecular formula is C10H19N3O4S. The van der Waals surface area contributed by atoms with Crippen molar-refractivity contribution in [3.63, 3.8) is 0 Å². The molecule has 1 rings (SSSR count). The van der Waals surface area contributed by atoms with Crippen LogP contribution in [-0.2, 0) is 21.4 Å². The van der Waals surface area contributed by atoms with Gasteiger partial charge in [0.1, 0.15) is 0 Å². The van der Waals surface area contributed by atoms with Gasteiger partial charge in [-0.2, -0.15) is 9.40 Å². The van der Waals surface area contributed by atoms with Gasteiger partial charge in [0.05, 0.1) is 13.2 Å². The molecule has 8 heteroatoms. The molecule has 1 aromatic heterocycles. The van der Waals surface area contributed by atoms with E-state index in [1.165, 1.54) is 18.5 Å². The van der Waals surface area contributed by atoms with Crippen molar-refractivity contribution in [3.8, 4) is 0 Å². The molecule has 0 saturated carbocycles. The predicted octanol–water partition coefficient (Wildman–Crippen LogP) is -0.134. The van der Waals surface area contributed by atoms with Crippen LogP contribution < -0.4 is 0 Å². The van der Waals surface area contributed by atoms with Crippen LogP contribution in [-0.4, -0.2) is 54.8 Å². The zero-order valence-corrected chi connectivity index (χ0v) is 11.8. The Morgan fingerprint density at radius 1 is 1.56 bits per heavy atom. The maximum absolute atomic E-state index is 12.3. The number of aromatic nitrogens is 2. The maximum Gasteiger partial charge on any atom is 0.262 e. The first-order valence-corrected chi connectivity index (χ1v) is 6.92. The zero-order chi connectivity index (χ0) is 13.9. The molecule has 0 aliphatic carbocycles. The Hall–Kier alpha value is -0.960. The van der Waals surface area contributed by atoms with E-state index in [2.05, 4.69) is 10.2 Å². The average molecular weight is 277 g/mol. The SMILES string of the molecule is COCC(C)N(C)S(=O)(=O)c1n[nH]c(C)c1CO. The minimum absolute atomic E-state index is 0.132. The van der Waals surface area contributed by atoms with Gasteiger partial charge < -0.3 is 9.84 Å². The van der Waals surface area contributed by atoms with Crippen molar-refractivity contribution in [2.24, 2.45) is 0 Å². The highest BCUT2D eigenvalue weighted by molar-refractivity contribution is 7.89. The number of aryl methyl sites for hydroxylation is 1. The second-order valence-electron chi connectivity index (χ2n) is 4.12. The molecule has 1 aromatic rings. The third kappa shape index (κ3) is 2.72. The molecule has 0 aliphatic heterocycles. The molecule has 18 heavy (non-hydrogen) atoms. The van der Waals surface area contributed by atoms with E-state index in [4.69, 9.17) is 4.74 Å². The zero-order valence-electron chi connectivity index (χ0n) is 11.0. The molecule has 0 aromatic carbocycles. The predicted molar refractivity (Wildman–Crippen MR) is 65.5 cm³/mol. The van der Waals surface area contributed by atoms with E-state index in [1.807, 2.05) is 0 Å². The smallest absolute Gasteiger partial charge is 0.262 e. The summed E-state index contributed by atoms with van der Waals surface area (Å²) in [4.78, 5) is 0. The third-order valence-corrected chi connectivity index (χ3v) is 4.79. The summed E-state index contributed by atoms with van der Waals surface area (Å²) >= 11 is 0. The van der Waals surface area contributed by atoms with Crippen molar-refractivity contribution in [3.05, 3.63) is 11.3 Å². The Morgan fingerprint density at radius 2 is 2.17 bits per heavy atom. The van der Waals surface area contributed by atoms with Crippen LogP contribution in [0.2, 0.25) is 0 Å². The first-order valence-electron chi connectivity index (χ1n) is 5.47. The number of aromatic amines is 1. The van der Waals surface area contributed by atoms with E-state index in [0.29, 0.717) is 11.3 Å². The second kappa shape index (κ2) is 5.79. The minimum atomic E-state index is -3.73. The highest BCUT2D eigenvalue weighted by Gasteiger charge is 2.30.